The molecule has 1 aromatic carbocycles. The van der Waals surface area contributed by atoms with Crippen molar-refractivity contribution in [3.63, 3.8) is 0 Å². The lowest BCUT2D eigenvalue weighted by Crippen LogP contribution is -2.49. The highest BCUT2D eigenvalue weighted by Gasteiger charge is 2.22. The molecule has 1 saturated heterocycles. The van der Waals surface area contributed by atoms with Gasteiger partial charge in [-0.3, -0.25) is 5.32 Å². The first-order valence-corrected chi connectivity index (χ1v) is 7.93. The summed E-state index contributed by atoms with van der Waals surface area (Å²) in [4.78, 5) is 14.0. The smallest absolute Gasteiger partial charge is 0.321 e. The van der Waals surface area contributed by atoms with Crippen LogP contribution in [0.2, 0.25) is 0 Å². The van der Waals surface area contributed by atoms with Crippen molar-refractivity contribution in [1.82, 2.24) is 15.5 Å². The van der Waals surface area contributed by atoms with Crippen LogP contribution >= 0.6 is 11.3 Å². The molecular weight excluding hydrogens is 305 g/mol. The van der Waals surface area contributed by atoms with Crippen LogP contribution in [0.4, 0.5) is 20.0 Å². The average Bonchev–Trinajstić information content (AvgIpc) is 3.00. The van der Waals surface area contributed by atoms with Crippen LogP contribution in [0.1, 0.15) is 12.8 Å². The summed E-state index contributed by atoms with van der Waals surface area (Å²) in [5.74, 6) is -0.249. The molecule has 1 atom stereocenters. The fraction of sp³-hybridized carbons (Fsp3) is 0.357. The molecule has 1 aromatic heterocycles. The van der Waals surface area contributed by atoms with Crippen LogP contribution in [0.5, 0.6) is 0 Å². The largest absolute Gasteiger partial charge is 0.369 e. The molecule has 0 saturated carbocycles. The average molecular weight is 321 g/mol. The molecule has 1 aliphatic heterocycles. The van der Waals surface area contributed by atoms with E-state index in [2.05, 4.69) is 25.7 Å². The Morgan fingerprint density at radius 1 is 1.45 bits per heavy atom. The van der Waals surface area contributed by atoms with Crippen molar-refractivity contribution < 1.29 is 9.18 Å². The maximum atomic E-state index is 13.3. The summed E-state index contributed by atoms with van der Waals surface area (Å²) in [7, 11) is 0. The molecule has 22 heavy (non-hydrogen) atoms. The number of hydrogen-bond donors (Lipinski definition) is 2. The van der Waals surface area contributed by atoms with Gasteiger partial charge >= 0.3 is 6.03 Å². The molecule has 0 radical (unpaired) electrons. The van der Waals surface area contributed by atoms with Crippen molar-refractivity contribution in [2.24, 2.45) is 0 Å². The number of anilines is 2. The van der Waals surface area contributed by atoms with Crippen LogP contribution in [0.25, 0.3) is 0 Å². The van der Waals surface area contributed by atoms with E-state index in [4.69, 9.17) is 0 Å². The van der Waals surface area contributed by atoms with E-state index in [0.717, 1.165) is 25.1 Å². The molecule has 0 unspecified atom stereocenters. The van der Waals surface area contributed by atoms with Crippen molar-refractivity contribution >= 4 is 28.2 Å². The molecule has 2 N–H and O–H groups in total. The van der Waals surface area contributed by atoms with Crippen molar-refractivity contribution in [3.8, 4) is 0 Å². The van der Waals surface area contributed by atoms with Gasteiger partial charge in [-0.15, -0.1) is 10.2 Å². The van der Waals surface area contributed by atoms with Gasteiger partial charge < -0.3 is 10.2 Å². The molecule has 116 valence electrons. The Labute approximate surface area is 131 Å². The Kier molecular flexibility index (Phi) is 4.47. The minimum absolute atomic E-state index is 0.0185. The quantitative estimate of drug-likeness (QED) is 0.911. The van der Waals surface area contributed by atoms with Gasteiger partial charge in [-0.2, -0.15) is 0 Å². The van der Waals surface area contributed by atoms with E-state index in [-0.39, 0.29) is 17.9 Å². The number of carbonyl (C=O) groups excluding carboxylic acids is 1. The van der Waals surface area contributed by atoms with E-state index in [0.29, 0.717) is 11.7 Å². The third-order valence-corrected chi connectivity index (χ3v) is 4.12. The highest BCUT2D eigenvalue weighted by atomic mass is 32.1. The molecule has 0 bridgehead atoms. The Morgan fingerprint density at radius 2 is 2.36 bits per heavy atom. The third kappa shape index (κ3) is 3.70. The van der Waals surface area contributed by atoms with Crippen LogP contribution < -0.4 is 15.5 Å². The Balaban J connectivity index is 1.57. The number of nitrogens with one attached hydrogen (secondary N) is 2. The maximum Gasteiger partial charge on any atom is 0.321 e. The zero-order valence-electron chi connectivity index (χ0n) is 11.8. The number of carbonyl (C=O) groups is 1. The van der Waals surface area contributed by atoms with Crippen LogP contribution in [-0.4, -0.2) is 35.4 Å². The van der Waals surface area contributed by atoms with Gasteiger partial charge in [0.2, 0.25) is 5.13 Å². The lowest BCUT2D eigenvalue weighted by atomic mass is 10.1. The number of amides is 2. The maximum absolute atomic E-state index is 13.3. The van der Waals surface area contributed by atoms with Gasteiger partial charge in [-0.1, -0.05) is 17.4 Å². The van der Waals surface area contributed by atoms with Gasteiger partial charge in [0.05, 0.1) is 0 Å². The summed E-state index contributed by atoms with van der Waals surface area (Å²) in [5, 5.41) is 13.5. The number of urea groups is 1. The number of benzene rings is 1. The van der Waals surface area contributed by atoms with Gasteiger partial charge in [-0.25, -0.2) is 9.18 Å². The number of halogens is 1. The lowest BCUT2D eigenvalue weighted by Gasteiger charge is -2.34. The number of piperidine rings is 1. The Morgan fingerprint density at radius 3 is 3.14 bits per heavy atom. The molecule has 2 amide bonds. The van der Waals surface area contributed by atoms with Gasteiger partial charge in [0.1, 0.15) is 11.3 Å². The summed E-state index contributed by atoms with van der Waals surface area (Å²) in [6, 6.07) is 6.26. The Hall–Kier alpha value is -2.22. The van der Waals surface area contributed by atoms with E-state index < -0.39 is 0 Å². The molecule has 1 fully saturated rings. The van der Waals surface area contributed by atoms with E-state index >= 15 is 0 Å². The molecule has 0 aliphatic carbocycles. The molecular formula is C14H16FN5OS. The zero-order chi connectivity index (χ0) is 15.4. The second-order valence-corrected chi connectivity index (χ2v) is 5.94. The summed E-state index contributed by atoms with van der Waals surface area (Å²) < 4.78 is 13.3. The van der Waals surface area contributed by atoms with E-state index in [1.54, 1.807) is 11.6 Å². The third-order valence-electron chi connectivity index (χ3n) is 3.51. The molecule has 0 spiro atoms. The second-order valence-electron chi connectivity index (χ2n) is 5.11. The monoisotopic (exact) mass is 321 g/mol. The van der Waals surface area contributed by atoms with Crippen LogP contribution in [0.3, 0.4) is 0 Å². The van der Waals surface area contributed by atoms with Gasteiger partial charge in [0.25, 0.3) is 0 Å². The Bertz CT molecular complexity index is 636. The number of aromatic nitrogens is 2. The predicted molar refractivity (Wildman–Crippen MR) is 83.7 cm³/mol. The summed E-state index contributed by atoms with van der Waals surface area (Å²) >= 11 is 1.27. The highest BCUT2D eigenvalue weighted by molar-refractivity contribution is 7.13. The predicted octanol–water partition coefficient (Wildman–Crippen LogP) is 2.47. The summed E-state index contributed by atoms with van der Waals surface area (Å²) in [6.45, 7) is 1.52. The lowest BCUT2D eigenvalue weighted by molar-refractivity contribution is 0.246. The van der Waals surface area contributed by atoms with E-state index in [1.165, 1.54) is 23.5 Å². The highest BCUT2D eigenvalue weighted by Crippen LogP contribution is 2.20. The van der Waals surface area contributed by atoms with Crippen LogP contribution in [0, 0.1) is 5.82 Å². The van der Waals surface area contributed by atoms with Gasteiger partial charge in [0, 0.05) is 24.8 Å². The van der Waals surface area contributed by atoms with Crippen molar-refractivity contribution in [2.45, 2.75) is 18.9 Å². The summed E-state index contributed by atoms with van der Waals surface area (Å²) in [5.41, 5.74) is 2.40. The fourth-order valence-electron chi connectivity index (χ4n) is 2.55. The molecule has 8 heteroatoms. The first-order valence-electron chi connectivity index (χ1n) is 7.05. The van der Waals surface area contributed by atoms with Crippen molar-refractivity contribution in [1.29, 1.82) is 0 Å². The van der Waals surface area contributed by atoms with Gasteiger partial charge in [-0.05, 0) is 31.0 Å². The SMILES string of the molecule is O=C(Nc1nncs1)N[C@H]1CCCN(c2cccc(F)c2)C1. The first kappa shape index (κ1) is 14.7. The van der Waals surface area contributed by atoms with Crippen molar-refractivity contribution in [3.05, 3.63) is 35.6 Å². The van der Waals surface area contributed by atoms with Gasteiger partial charge in [0.15, 0.2) is 0 Å². The van der Waals surface area contributed by atoms with Crippen LogP contribution in [0.15, 0.2) is 29.8 Å². The fourth-order valence-corrected chi connectivity index (χ4v) is 2.99. The van der Waals surface area contributed by atoms with E-state index in [1.807, 2.05) is 6.07 Å². The molecule has 3 rings (SSSR count). The summed E-state index contributed by atoms with van der Waals surface area (Å²) in [6.07, 6.45) is 1.84. The standard InChI is InChI=1S/C14H16FN5OS/c15-10-3-1-5-12(7-10)20-6-2-4-11(8-20)17-13(21)18-14-19-16-9-22-14/h1,3,5,7,9,11H,2,4,6,8H2,(H2,17,18,19,21)/t11-/m0/s1. The minimum atomic E-state index is -0.289. The number of nitrogens with zero attached hydrogens (tertiary/aromatic N) is 3. The molecule has 2 heterocycles. The van der Waals surface area contributed by atoms with E-state index in [9.17, 15) is 9.18 Å². The second kappa shape index (κ2) is 6.69. The van der Waals surface area contributed by atoms with Crippen molar-refractivity contribution in [2.75, 3.05) is 23.3 Å². The topological polar surface area (TPSA) is 70.1 Å². The molecule has 1 aliphatic rings. The number of hydrogen-bond acceptors (Lipinski definition) is 5. The molecule has 2 aromatic rings. The van der Waals surface area contributed by atoms with Crippen LogP contribution in [-0.2, 0) is 0 Å². The minimum Gasteiger partial charge on any atom is -0.369 e. The first-order chi connectivity index (χ1) is 10.7. The number of rotatable bonds is 3. The normalized spacial score (nSPS) is 18.0. The zero-order valence-corrected chi connectivity index (χ0v) is 12.6. The molecule has 6 nitrogen and oxygen atoms in total.